The second kappa shape index (κ2) is 3.87. The molecule has 0 aromatic heterocycles. The van der Waals surface area contributed by atoms with Crippen LogP contribution in [0.5, 0.6) is 0 Å². The summed E-state index contributed by atoms with van der Waals surface area (Å²) >= 11 is 0. The summed E-state index contributed by atoms with van der Waals surface area (Å²) in [5.74, 6) is -0.190. The molecule has 0 radical (unpaired) electrons. The average molecular weight is 200 g/mol. The summed E-state index contributed by atoms with van der Waals surface area (Å²) in [7, 11) is 0. The molecule has 1 fully saturated rings. The number of carbonyl (C=O) groups is 1. The van der Waals surface area contributed by atoms with Gasteiger partial charge in [0.1, 0.15) is 0 Å². The number of hydroxylamine groups is 1. The van der Waals surface area contributed by atoms with Gasteiger partial charge in [-0.15, -0.1) is 0 Å². The predicted molar refractivity (Wildman–Crippen MR) is 54.4 cm³/mol. The summed E-state index contributed by atoms with van der Waals surface area (Å²) in [5.41, 5.74) is 7.31. The lowest BCUT2D eigenvalue weighted by Crippen LogP contribution is -2.53. The Balaban J connectivity index is 2.42. The molecular formula is C10H20N2O2. The van der Waals surface area contributed by atoms with Gasteiger partial charge in [-0.2, -0.15) is 0 Å². The van der Waals surface area contributed by atoms with Crippen molar-refractivity contribution >= 4 is 5.91 Å². The second-order valence-corrected chi connectivity index (χ2v) is 5.01. The molecule has 1 amide bonds. The van der Waals surface area contributed by atoms with Crippen LogP contribution in [-0.2, 0) is 9.63 Å². The Morgan fingerprint density at radius 3 is 2.29 bits per heavy atom. The molecule has 0 saturated heterocycles. The van der Waals surface area contributed by atoms with Gasteiger partial charge >= 0.3 is 0 Å². The van der Waals surface area contributed by atoms with E-state index in [1.807, 2.05) is 20.8 Å². The number of hydrogen-bond donors (Lipinski definition) is 2. The molecule has 1 aliphatic carbocycles. The average Bonchev–Trinajstić information content (AvgIpc) is 2.48. The van der Waals surface area contributed by atoms with E-state index in [9.17, 15) is 4.79 Å². The molecule has 0 spiro atoms. The number of carbonyl (C=O) groups excluding carboxylic acids is 1. The molecule has 0 aromatic rings. The van der Waals surface area contributed by atoms with Gasteiger partial charge in [0.2, 0.25) is 0 Å². The standard InChI is InChI=1S/C10H20N2O2/c1-9(2,3)14-12-8(13)10(11)6-4-5-7-10/h4-7,11H2,1-3H3,(H,12,13). The first kappa shape index (κ1) is 11.5. The van der Waals surface area contributed by atoms with E-state index in [4.69, 9.17) is 10.6 Å². The largest absolute Gasteiger partial charge is 0.317 e. The topological polar surface area (TPSA) is 64.3 Å². The smallest absolute Gasteiger partial charge is 0.263 e. The molecule has 0 heterocycles. The minimum Gasteiger partial charge on any atom is -0.317 e. The summed E-state index contributed by atoms with van der Waals surface area (Å²) in [6.45, 7) is 5.64. The molecule has 82 valence electrons. The third-order valence-corrected chi connectivity index (χ3v) is 2.40. The highest BCUT2D eigenvalue weighted by Gasteiger charge is 2.37. The van der Waals surface area contributed by atoms with Crippen LogP contribution < -0.4 is 11.2 Å². The lowest BCUT2D eigenvalue weighted by molar-refractivity contribution is -0.150. The molecule has 4 heteroatoms. The zero-order chi connectivity index (χ0) is 10.8. The Morgan fingerprint density at radius 2 is 1.86 bits per heavy atom. The third kappa shape index (κ3) is 2.96. The van der Waals surface area contributed by atoms with Gasteiger partial charge in [0.25, 0.3) is 5.91 Å². The fourth-order valence-corrected chi connectivity index (χ4v) is 1.53. The van der Waals surface area contributed by atoms with Crippen molar-refractivity contribution in [1.29, 1.82) is 0 Å². The van der Waals surface area contributed by atoms with Gasteiger partial charge in [-0.3, -0.25) is 9.63 Å². The van der Waals surface area contributed by atoms with Crippen LogP contribution >= 0.6 is 0 Å². The fourth-order valence-electron chi connectivity index (χ4n) is 1.53. The number of nitrogens with two attached hydrogens (primary N) is 1. The van der Waals surface area contributed by atoms with Crippen LogP contribution in [0.3, 0.4) is 0 Å². The first-order valence-electron chi connectivity index (χ1n) is 5.11. The molecular weight excluding hydrogens is 180 g/mol. The molecule has 1 aliphatic rings. The molecule has 1 saturated carbocycles. The summed E-state index contributed by atoms with van der Waals surface area (Å²) < 4.78 is 0. The highest BCUT2D eigenvalue weighted by Crippen LogP contribution is 2.27. The summed E-state index contributed by atoms with van der Waals surface area (Å²) in [6.07, 6.45) is 3.57. The molecule has 1 rings (SSSR count). The minimum atomic E-state index is -0.703. The van der Waals surface area contributed by atoms with Gasteiger partial charge in [-0.1, -0.05) is 12.8 Å². The minimum absolute atomic E-state index is 0.190. The van der Waals surface area contributed by atoms with E-state index in [0.717, 1.165) is 25.7 Å². The summed E-state index contributed by atoms with van der Waals surface area (Å²) in [5, 5.41) is 0. The van der Waals surface area contributed by atoms with Crippen molar-refractivity contribution in [3.05, 3.63) is 0 Å². The van der Waals surface area contributed by atoms with E-state index in [0.29, 0.717) is 0 Å². The third-order valence-electron chi connectivity index (χ3n) is 2.40. The maximum Gasteiger partial charge on any atom is 0.263 e. The van der Waals surface area contributed by atoms with Gasteiger partial charge in [-0.05, 0) is 33.6 Å². The predicted octanol–water partition coefficient (Wildman–Crippen LogP) is 1.10. The van der Waals surface area contributed by atoms with E-state index in [2.05, 4.69) is 5.48 Å². The Hall–Kier alpha value is -0.610. The Labute approximate surface area is 85.1 Å². The first-order chi connectivity index (χ1) is 6.33. The number of hydrogen-bond acceptors (Lipinski definition) is 3. The van der Waals surface area contributed by atoms with Crippen LogP contribution in [0.15, 0.2) is 0 Å². The van der Waals surface area contributed by atoms with Crippen LogP contribution in [0.2, 0.25) is 0 Å². The zero-order valence-electron chi connectivity index (χ0n) is 9.22. The zero-order valence-corrected chi connectivity index (χ0v) is 9.22. The second-order valence-electron chi connectivity index (χ2n) is 5.01. The monoisotopic (exact) mass is 200 g/mol. The normalized spacial score (nSPS) is 20.9. The molecule has 0 aliphatic heterocycles. The van der Waals surface area contributed by atoms with Crippen LogP contribution in [0.25, 0.3) is 0 Å². The van der Waals surface area contributed by atoms with Crippen molar-refractivity contribution in [3.8, 4) is 0 Å². The highest BCUT2D eigenvalue weighted by atomic mass is 16.7. The molecule has 14 heavy (non-hydrogen) atoms. The SMILES string of the molecule is CC(C)(C)ONC(=O)C1(N)CCCC1. The van der Waals surface area contributed by atoms with Gasteiger partial charge in [0.05, 0.1) is 11.1 Å². The molecule has 3 N–H and O–H groups in total. The van der Waals surface area contributed by atoms with Crippen molar-refractivity contribution in [2.75, 3.05) is 0 Å². The van der Waals surface area contributed by atoms with Crippen LogP contribution in [0.1, 0.15) is 46.5 Å². The number of rotatable bonds is 2. The Kier molecular flexibility index (Phi) is 3.17. The first-order valence-corrected chi connectivity index (χ1v) is 5.11. The van der Waals surface area contributed by atoms with Crippen LogP contribution in [0, 0.1) is 0 Å². The summed E-state index contributed by atoms with van der Waals surface area (Å²) in [4.78, 5) is 16.8. The van der Waals surface area contributed by atoms with Gasteiger partial charge < -0.3 is 5.73 Å². The van der Waals surface area contributed by atoms with E-state index >= 15 is 0 Å². The summed E-state index contributed by atoms with van der Waals surface area (Å²) in [6, 6.07) is 0. The van der Waals surface area contributed by atoms with Crippen molar-refractivity contribution in [3.63, 3.8) is 0 Å². The van der Waals surface area contributed by atoms with E-state index in [-0.39, 0.29) is 11.5 Å². The number of amides is 1. The van der Waals surface area contributed by atoms with Crippen molar-refractivity contribution in [2.24, 2.45) is 5.73 Å². The Morgan fingerprint density at radius 1 is 1.36 bits per heavy atom. The van der Waals surface area contributed by atoms with E-state index in [1.54, 1.807) is 0 Å². The molecule has 4 nitrogen and oxygen atoms in total. The fraction of sp³-hybridized carbons (Fsp3) is 0.900. The molecule has 0 atom stereocenters. The van der Waals surface area contributed by atoms with Crippen molar-refractivity contribution in [2.45, 2.75) is 57.6 Å². The van der Waals surface area contributed by atoms with Crippen molar-refractivity contribution in [1.82, 2.24) is 5.48 Å². The molecule has 0 bridgehead atoms. The van der Waals surface area contributed by atoms with Crippen LogP contribution in [0.4, 0.5) is 0 Å². The Bertz CT molecular complexity index is 215. The van der Waals surface area contributed by atoms with Gasteiger partial charge in [0.15, 0.2) is 0 Å². The van der Waals surface area contributed by atoms with Crippen molar-refractivity contribution < 1.29 is 9.63 Å². The highest BCUT2D eigenvalue weighted by molar-refractivity contribution is 5.85. The maximum absolute atomic E-state index is 11.7. The quantitative estimate of drug-likeness (QED) is 0.656. The molecule has 0 unspecified atom stereocenters. The van der Waals surface area contributed by atoms with Gasteiger partial charge in [0, 0.05) is 0 Å². The lowest BCUT2D eigenvalue weighted by Gasteiger charge is -2.25. The molecule has 0 aromatic carbocycles. The van der Waals surface area contributed by atoms with Crippen LogP contribution in [-0.4, -0.2) is 17.0 Å². The van der Waals surface area contributed by atoms with E-state index < -0.39 is 5.54 Å². The van der Waals surface area contributed by atoms with E-state index in [1.165, 1.54) is 0 Å². The lowest BCUT2D eigenvalue weighted by atomic mass is 9.99. The van der Waals surface area contributed by atoms with Gasteiger partial charge in [-0.25, -0.2) is 5.48 Å². The number of nitrogens with one attached hydrogen (secondary N) is 1. The maximum atomic E-state index is 11.7.